The Morgan fingerprint density at radius 2 is 2.44 bits per heavy atom. The van der Waals surface area contributed by atoms with E-state index >= 15 is 0 Å². The Kier molecular flexibility index (Phi) is 5.30. The van der Waals surface area contributed by atoms with Gasteiger partial charge in [-0.25, -0.2) is 0 Å². The van der Waals surface area contributed by atoms with Crippen molar-refractivity contribution in [3.63, 3.8) is 0 Å². The van der Waals surface area contributed by atoms with Crippen molar-refractivity contribution < 1.29 is 4.74 Å². The van der Waals surface area contributed by atoms with E-state index in [0.29, 0.717) is 12.1 Å². The van der Waals surface area contributed by atoms with Crippen molar-refractivity contribution in [2.24, 2.45) is 0 Å². The maximum absolute atomic E-state index is 5.92. The summed E-state index contributed by atoms with van der Waals surface area (Å²) in [5, 5.41) is 7.68. The molecule has 5 heteroatoms. The van der Waals surface area contributed by atoms with Gasteiger partial charge < -0.3 is 15.4 Å². The molecule has 1 heterocycles. The lowest BCUT2D eigenvalue weighted by Gasteiger charge is -2.27. The smallest absolute Gasteiger partial charge is 0.0621 e. The molecule has 1 aromatic rings. The summed E-state index contributed by atoms with van der Waals surface area (Å²) in [7, 11) is 0. The van der Waals surface area contributed by atoms with Crippen LogP contribution in [0.4, 0.5) is 5.69 Å². The van der Waals surface area contributed by atoms with E-state index in [1.165, 1.54) is 0 Å². The third kappa shape index (κ3) is 4.12. The molecule has 3 nitrogen and oxygen atoms in total. The summed E-state index contributed by atoms with van der Waals surface area (Å²) in [6, 6.07) is 6.60. The van der Waals surface area contributed by atoms with Crippen LogP contribution >= 0.6 is 27.5 Å². The van der Waals surface area contributed by atoms with Gasteiger partial charge in [0.15, 0.2) is 0 Å². The highest BCUT2D eigenvalue weighted by molar-refractivity contribution is 9.10. The topological polar surface area (TPSA) is 33.3 Å². The molecule has 1 aliphatic heterocycles. The van der Waals surface area contributed by atoms with Crippen molar-refractivity contribution in [3.05, 3.63) is 27.7 Å². The van der Waals surface area contributed by atoms with E-state index < -0.39 is 0 Å². The van der Waals surface area contributed by atoms with Gasteiger partial charge in [0.2, 0.25) is 0 Å². The number of ether oxygens (including phenoxy) is 1. The molecule has 0 amide bonds. The molecule has 1 saturated heterocycles. The van der Waals surface area contributed by atoms with Crippen LogP contribution in [0.2, 0.25) is 5.02 Å². The fourth-order valence-corrected chi connectivity index (χ4v) is 2.93. The van der Waals surface area contributed by atoms with Crippen molar-refractivity contribution in [2.75, 3.05) is 25.1 Å². The van der Waals surface area contributed by atoms with E-state index in [1.807, 2.05) is 18.2 Å². The van der Waals surface area contributed by atoms with Gasteiger partial charge in [0.05, 0.1) is 13.2 Å². The van der Waals surface area contributed by atoms with Gasteiger partial charge in [-0.1, -0.05) is 11.6 Å². The van der Waals surface area contributed by atoms with Gasteiger partial charge in [0.25, 0.3) is 0 Å². The van der Waals surface area contributed by atoms with Gasteiger partial charge in [-0.2, -0.15) is 0 Å². The second-order valence-electron chi connectivity index (χ2n) is 4.63. The summed E-state index contributed by atoms with van der Waals surface area (Å²) in [5.41, 5.74) is 1.07. The lowest BCUT2D eigenvalue weighted by Crippen LogP contribution is -2.43. The van der Waals surface area contributed by atoms with Crippen LogP contribution in [0.15, 0.2) is 22.7 Å². The third-order valence-corrected chi connectivity index (χ3v) is 3.86. The monoisotopic (exact) mass is 332 g/mol. The van der Waals surface area contributed by atoms with E-state index in [4.69, 9.17) is 16.3 Å². The Morgan fingerprint density at radius 1 is 1.61 bits per heavy atom. The van der Waals surface area contributed by atoms with Crippen molar-refractivity contribution in [3.8, 4) is 0 Å². The van der Waals surface area contributed by atoms with Gasteiger partial charge in [-0.15, -0.1) is 0 Å². The van der Waals surface area contributed by atoms with E-state index in [1.54, 1.807) is 0 Å². The van der Waals surface area contributed by atoms with Crippen LogP contribution in [-0.4, -0.2) is 31.8 Å². The Morgan fingerprint density at radius 3 is 3.11 bits per heavy atom. The summed E-state index contributed by atoms with van der Waals surface area (Å²) in [6.07, 6.45) is 1.04. The molecule has 1 fully saturated rings. The molecule has 0 aromatic heterocycles. The highest BCUT2D eigenvalue weighted by atomic mass is 79.9. The van der Waals surface area contributed by atoms with Crippen LogP contribution in [0, 0.1) is 0 Å². The number of anilines is 1. The molecule has 18 heavy (non-hydrogen) atoms. The minimum absolute atomic E-state index is 0.377. The molecular weight excluding hydrogens is 316 g/mol. The van der Waals surface area contributed by atoms with Gasteiger partial charge in [0, 0.05) is 33.8 Å². The molecule has 100 valence electrons. The van der Waals surface area contributed by atoms with Crippen molar-refractivity contribution >= 4 is 33.2 Å². The number of benzene rings is 1. The molecule has 2 rings (SSSR count). The number of hydrogen-bond acceptors (Lipinski definition) is 3. The van der Waals surface area contributed by atoms with Gasteiger partial charge >= 0.3 is 0 Å². The molecule has 0 aliphatic carbocycles. The number of hydrogen-bond donors (Lipinski definition) is 2. The highest BCUT2D eigenvalue weighted by Crippen LogP contribution is 2.26. The molecule has 2 N–H and O–H groups in total. The summed E-state index contributed by atoms with van der Waals surface area (Å²) in [4.78, 5) is 0. The Hall–Kier alpha value is -0.290. The van der Waals surface area contributed by atoms with Crippen molar-refractivity contribution in [1.82, 2.24) is 5.32 Å². The zero-order valence-electron chi connectivity index (χ0n) is 10.4. The van der Waals surface area contributed by atoms with Crippen molar-refractivity contribution in [1.29, 1.82) is 0 Å². The first kappa shape index (κ1) is 14.1. The molecule has 1 aromatic carbocycles. The van der Waals surface area contributed by atoms with E-state index in [-0.39, 0.29) is 0 Å². The standard InChI is InChI=1S/C13H18BrClN2O/c1-9(6-11-8-18-5-4-16-11)17-13-3-2-10(15)7-12(13)14/h2-3,7,9,11,16-17H,4-6,8H2,1H3. The molecular formula is C13H18BrClN2O. The predicted octanol–water partition coefficient (Wildman–Crippen LogP) is 3.28. The average Bonchev–Trinajstić information content (AvgIpc) is 2.34. The van der Waals surface area contributed by atoms with Gasteiger partial charge in [0.1, 0.15) is 0 Å². The fourth-order valence-electron chi connectivity index (χ4n) is 2.13. The summed E-state index contributed by atoms with van der Waals surface area (Å²) in [5.74, 6) is 0. The van der Waals surface area contributed by atoms with Gasteiger partial charge in [-0.05, 0) is 47.5 Å². The van der Waals surface area contributed by atoms with E-state index in [0.717, 1.165) is 41.4 Å². The van der Waals surface area contributed by atoms with Crippen LogP contribution in [0.5, 0.6) is 0 Å². The largest absolute Gasteiger partial charge is 0.382 e. The number of morpholine rings is 1. The van der Waals surface area contributed by atoms with E-state index in [9.17, 15) is 0 Å². The number of halogens is 2. The SMILES string of the molecule is CC(CC1COCCN1)Nc1ccc(Cl)cc1Br. The maximum atomic E-state index is 5.92. The van der Waals surface area contributed by atoms with Crippen LogP contribution < -0.4 is 10.6 Å². The molecule has 0 spiro atoms. The number of nitrogens with one attached hydrogen (secondary N) is 2. The molecule has 2 atom stereocenters. The first-order chi connectivity index (χ1) is 8.65. The minimum Gasteiger partial charge on any atom is -0.382 e. The molecule has 2 unspecified atom stereocenters. The number of rotatable bonds is 4. The quantitative estimate of drug-likeness (QED) is 0.887. The second kappa shape index (κ2) is 6.75. The average molecular weight is 334 g/mol. The van der Waals surface area contributed by atoms with E-state index in [2.05, 4.69) is 33.5 Å². The second-order valence-corrected chi connectivity index (χ2v) is 5.92. The lowest BCUT2D eigenvalue weighted by molar-refractivity contribution is 0.0731. The first-order valence-corrected chi connectivity index (χ1v) is 7.35. The molecule has 0 saturated carbocycles. The normalized spacial score (nSPS) is 21.6. The molecule has 0 radical (unpaired) electrons. The Balaban J connectivity index is 1.87. The summed E-state index contributed by atoms with van der Waals surface area (Å²) in [6.45, 7) is 4.74. The van der Waals surface area contributed by atoms with Crippen LogP contribution in [-0.2, 0) is 4.74 Å². The summed E-state index contributed by atoms with van der Waals surface area (Å²) < 4.78 is 6.45. The predicted molar refractivity (Wildman–Crippen MR) is 79.5 cm³/mol. The lowest BCUT2D eigenvalue weighted by atomic mass is 10.1. The van der Waals surface area contributed by atoms with Gasteiger partial charge in [-0.3, -0.25) is 0 Å². The zero-order chi connectivity index (χ0) is 13.0. The first-order valence-electron chi connectivity index (χ1n) is 6.18. The molecule has 0 bridgehead atoms. The molecule has 1 aliphatic rings. The Labute approximate surface area is 121 Å². The zero-order valence-corrected chi connectivity index (χ0v) is 12.7. The highest BCUT2D eigenvalue weighted by Gasteiger charge is 2.16. The fraction of sp³-hybridized carbons (Fsp3) is 0.538. The maximum Gasteiger partial charge on any atom is 0.0621 e. The summed E-state index contributed by atoms with van der Waals surface area (Å²) >= 11 is 9.44. The van der Waals surface area contributed by atoms with Crippen molar-refractivity contribution in [2.45, 2.75) is 25.4 Å². The third-order valence-electron chi connectivity index (χ3n) is 2.97. The minimum atomic E-state index is 0.377. The van der Waals surface area contributed by atoms with Crippen LogP contribution in [0.25, 0.3) is 0 Å². The van der Waals surface area contributed by atoms with Crippen LogP contribution in [0.1, 0.15) is 13.3 Å². The van der Waals surface area contributed by atoms with Crippen LogP contribution in [0.3, 0.4) is 0 Å². The Bertz CT molecular complexity index is 397.